The fraction of sp³-hybridized carbons (Fsp3) is 0. The van der Waals surface area contributed by atoms with E-state index in [2.05, 4.69) is 11.1 Å². The van der Waals surface area contributed by atoms with Crippen molar-refractivity contribution in [2.24, 2.45) is 0 Å². The lowest BCUT2D eigenvalue weighted by Crippen LogP contribution is -1.99. The van der Waals surface area contributed by atoms with E-state index in [-0.39, 0.29) is 5.82 Å². The van der Waals surface area contributed by atoms with E-state index in [0.717, 1.165) is 10.4 Å². The maximum Gasteiger partial charge on any atom is 0.142 e. The SMILES string of the molecule is N#Cc1c(-c2cccs2)cc(-c2cc(Cl)ccc2Cl)nc1N. The first kappa shape index (κ1) is 14.9. The van der Waals surface area contributed by atoms with Gasteiger partial charge in [0.05, 0.1) is 10.7 Å². The van der Waals surface area contributed by atoms with Crippen LogP contribution >= 0.6 is 34.5 Å². The summed E-state index contributed by atoms with van der Waals surface area (Å²) < 4.78 is 0. The molecule has 0 aliphatic carbocycles. The Kier molecular flexibility index (Phi) is 4.04. The van der Waals surface area contributed by atoms with Gasteiger partial charge < -0.3 is 5.73 Å². The van der Waals surface area contributed by atoms with Crippen molar-refractivity contribution in [1.29, 1.82) is 5.26 Å². The molecule has 0 radical (unpaired) electrons. The first-order chi connectivity index (χ1) is 10.6. The molecule has 0 fully saturated rings. The molecule has 0 atom stereocenters. The molecule has 3 rings (SSSR count). The summed E-state index contributed by atoms with van der Waals surface area (Å²) in [7, 11) is 0. The summed E-state index contributed by atoms with van der Waals surface area (Å²) >= 11 is 13.8. The van der Waals surface area contributed by atoms with Crippen LogP contribution in [0.2, 0.25) is 10.0 Å². The Bertz CT molecular complexity index is 883. The number of rotatable bonds is 2. The summed E-state index contributed by atoms with van der Waals surface area (Å²) in [4.78, 5) is 5.25. The second kappa shape index (κ2) is 5.98. The fourth-order valence-corrected chi connectivity index (χ4v) is 3.28. The van der Waals surface area contributed by atoms with Crippen LogP contribution in [0.4, 0.5) is 5.82 Å². The normalized spacial score (nSPS) is 10.4. The Balaban J connectivity index is 2.27. The summed E-state index contributed by atoms with van der Waals surface area (Å²) in [5.41, 5.74) is 8.34. The van der Waals surface area contributed by atoms with E-state index >= 15 is 0 Å². The molecule has 0 amide bonds. The molecule has 108 valence electrons. The van der Waals surface area contributed by atoms with E-state index in [0.29, 0.717) is 26.9 Å². The number of anilines is 1. The van der Waals surface area contributed by atoms with Gasteiger partial charge in [0.25, 0.3) is 0 Å². The van der Waals surface area contributed by atoms with E-state index in [4.69, 9.17) is 28.9 Å². The Morgan fingerprint density at radius 3 is 2.64 bits per heavy atom. The lowest BCUT2D eigenvalue weighted by molar-refractivity contribution is 1.31. The lowest BCUT2D eigenvalue weighted by Gasteiger charge is -2.10. The average Bonchev–Trinajstić information content (AvgIpc) is 3.03. The van der Waals surface area contributed by atoms with Crippen molar-refractivity contribution < 1.29 is 0 Å². The van der Waals surface area contributed by atoms with Gasteiger partial charge in [-0.1, -0.05) is 29.3 Å². The van der Waals surface area contributed by atoms with Crippen LogP contribution in [-0.4, -0.2) is 4.98 Å². The first-order valence-corrected chi connectivity index (χ1v) is 7.93. The van der Waals surface area contributed by atoms with Crippen LogP contribution in [0.15, 0.2) is 41.8 Å². The van der Waals surface area contributed by atoms with E-state index in [1.54, 1.807) is 18.2 Å². The number of hydrogen-bond acceptors (Lipinski definition) is 4. The predicted octanol–water partition coefficient (Wildman–Crippen LogP) is 5.24. The quantitative estimate of drug-likeness (QED) is 0.690. The van der Waals surface area contributed by atoms with Crippen LogP contribution < -0.4 is 5.73 Å². The van der Waals surface area contributed by atoms with Gasteiger partial charge in [-0.3, -0.25) is 0 Å². The topological polar surface area (TPSA) is 62.7 Å². The minimum absolute atomic E-state index is 0.180. The van der Waals surface area contributed by atoms with Gasteiger partial charge in [0.1, 0.15) is 17.5 Å². The number of nitrogens with zero attached hydrogens (tertiary/aromatic N) is 2. The molecule has 2 heterocycles. The van der Waals surface area contributed by atoms with Gasteiger partial charge in [-0.2, -0.15) is 5.26 Å². The number of nitrogen functional groups attached to an aromatic ring is 1. The highest BCUT2D eigenvalue weighted by Gasteiger charge is 2.15. The number of thiophene rings is 1. The highest BCUT2D eigenvalue weighted by Crippen LogP contribution is 2.36. The molecule has 6 heteroatoms. The Hall–Kier alpha value is -2.06. The van der Waals surface area contributed by atoms with Gasteiger partial charge in [0.15, 0.2) is 0 Å². The molecule has 22 heavy (non-hydrogen) atoms. The third-order valence-corrected chi connectivity index (χ3v) is 4.62. The van der Waals surface area contributed by atoms with Crippen molar-refractivity contribution in [1.82, 2.24) is 4.98 Å². The van der Waals surface area contributed by atoms with Crippen molar-refractivity contribution >= 4 is 40.4 Å². The van der Waals surface area contributed by atoms with Crippen molar-refractivity contribution in [2.45, 2.75) is 0 Å². The van der Waals surface area contributed by atoms with Crippen LogP contribution in [-0.2, 0) is 0 Å². The molecule has 0 unspecified atom stereocenters. The maximum atomic E-state index is 9.35. The molecular formula is C16H9Cl2N3S. The third kappa shape index (κ3) is 2.67. The Labute approximate surface area is 141 Å². The van der Waals surface area contributed by atoms with Gasteiger partial charge >= 0.3 is 0 Å². The Morgan fingerprint density at radius 1 is 1.14 bits per heavy atom. The minimum atomic E-state index is 0.180. The number of nitrogens with two attached hydrogens (primary N) is 1. The maximum absolute atomic E-state index is 9.35. The minimum Gasteiger partial charge on any atom is -0.383 e. The molecule has 0 saturated heterocycles. The molecule has 3 nitrogen and oxygen atoms in total. The van der Waals surface area contributed by atoms with Gasteiger partial charge in [-0.25, -0.2) is 4.98 Å². The Morgan fingerprint density at radius 2 is 1.95 bits per heavy atom. The molecule has 2 N–H and O–H groups in total. The predicted molar refractivity (Wildman–Crippen MR) is 92.1 cm³/mol. The van der Waals surface area contributed by atoms with Gasteiger partial charge in [-0.05, 0) is 35.7 Å². The number of halogens is 2. The van der Waals surface area contributed by atoms with Crippen molar-refractivity contribution in [2.75, 3.05) is 5.73 Å². The van der Waals surface area contributed by atoms with Crippen LogP contribution in [0.1, 0.15) is 5.56 Å². The molecule has 3 aromatic rings. The zero-order chi connectivity index (χ0) is 15.7. The molecule has 0 spiro atoms. The van der Waals surface area contributed by atoms with Gasteiger partial charge in [-0.15, -0.1) is 11.3 Å². The zero-order valence-electron chi connectivity index (χ0n) is 11.2. The second-order valence-electron chi connectivity index (χ2n) is 4.53. The smallest absolute Gasteiger partial charge is 0.142 e. The molecule has 0 bridgehead atoms. The van der Waals surface area contributed by atoms with Gasteiger partial charge in [0.2, 0.25) is 0 Å². The highest BCUT2D eigenvalue weighted by molar-refractivity contribution is 7.13. The fourth-order valence-electron chi connectivity index (χ4n) is 2.14. The average molecular weight is 346 g/mol. The van der Waals surface area contributed by atoms with Crippen molar-refractivity contribution in [3.8, 4) is 27.8 Å². The van der Waals surface area contributed by atoms with Crippen LogP contribution in [0.3, 0.4) is 0 Å². The van der Waals surface area contributed by atoms with Crippen LogP contribution in [0.25, 0.3) is 21.7 Å². The number of aromatic nitrogens is 1. The molecule has 1 aromatic carbocycles. The highest BCUT2D eigenvalue weighted by atomic mass is 35.5. The van der Waals surface area contributed by atoms with Crippen molar-refractivity contribution in [3.63, 3.8) is 0 Å². The van der Waals surface area contributed by atoms with E-state index in [1.165, 1.54) is 11.3 Å². The summed E-state index contributed by atoms with van der Waals surface area (Å²) in [6.07, 6.45) is 0. The molecule has 2 aromatic heterocycles. The zero-order valence-corrected chi connectivity index (χ0v) is 13.5. The number of hydrogen-bond donors (Lipinski definition) is 1. The first-order valence-electron chi connectivity index (χ1n) is 6.30. The van der Waals surface area contributed by atoms with Crippen molar-refractivity contribution in [3.05, 3.63) is 57.4 Å². The van der Waals surface area contributed by atoms with E-state index < -0.39 is 0 Å². The molecular weight excluding hydrogens is 337 g/mol. The van der Waals surface area contributed by atoms with E-state index in [9.17, 15) is 5.26 Å². The largest absolute Gasteiger partial charge is 0.383 e. The molecule has 0 aliphatic heterocycles. The van der Waals surface area contributed by atoms with Crippen LogP contribution in [0, 0.1) is 11.3 Å². The van der Waals surface area contributed by atoms with E-state index in [1.807, 2.05) is 23.6 Å². The molecule has 0 aliphatic rings. The lowest BCUT2D eigenvalue weighted by atomic mass is 10.0. The summed E-state index contributed by atoms with van der Waals surface area (Å²) in [6.45, 7) is 0. The standard InChI is InChI=1S/C16H9Cl2N3S/c17-9-3-4-13(18)11(6-9)14-7-10(15-2-1-5-22-15)12(8-19)16(20)21-14/h1-7H,(H2,20,21). The molecule has 0 saturated carbocycles. The third-order valence-electron chi connectivity index (χ3n) is 3.15. The number of benzene rings is 1. The number of nitriles is 1. The summed E-state index contributed by atoms with van der Waals surface area (Å²) in [5.74, 6) is 0.180. The monoisotopic (exact) mass is 345 g/mol. The summed E-state index contributed by atoms with van der Waals surface area (Å²) in [6, 6.07) is 12.9. The second-order valence-corrected chi connectivity index (χ2v) is 6.32. The van der Waals surface area contributed by atoms with Gasteiger partial charge in [0, 0.05) is 21.0 Å². The number of pyridine rings is 1. The summed E-state index contributed by atoms with van der Waals surface area (Å²) in [5, 5.41) is 12.4. The van der Waals surface area contributed by atoms with Crippen LogP contribution in [0.5, 0.6) is 0 Å².